The Labute approximate surface area is 141 Å². The van der Waals surface area contributed by atoms with E-state index in [4.69, 9.17) is 4.74 Å². The van der Waals surface area contributed by atoms with E-state index in [0.29, 0.717) is 11.8 Å². The number of amides is 1. The molecule has 1 aromatic heterocycles. The van der Waals surface area contributed by atoms with Crippen LogP contribution in [0.1, 0.15) is 32.6 Å². The minimum Gasteiger partial charge on any atom is -0.467 e. The molecule has 2 aliphatic rings. The monoisotopic (exact) mass is 325 g/mol. The van der Waals surface area contributed by atoms with Crippen LogP contribution in [0, 0.1) is 17.8 Å². The van der Waals surface area contributed by atoms with E-state index in [9.17, 15) is 4.79 Å². The second-order valence-corrected chi connectivity index (χ2v) is 7.18. The van der Waals surface area contributed by atoms with Crippen molar-refractivity contribution >= 4 is 16.8 Å². The predicted molar refractivity (Wildman–Crippen MR) is 91.6 cm³/mol. The van der Waals surface area contributed by atoms with Crippen molar-refractivity contribution in [2.75, 3.05) is 6.61 Å². The van der Waals surface area contributed by atoms with E-state index in [0.717, 1.165) is 22.7 Å². The van der Waals surface area contributed by atoms with Crippen molar-refractivity contribution in [3.05, 3.63) is 30.6 Å². The van der Waals surface area contributed by atoms with Crippen LogP contribution < -0.4 is 10.1 Å². The van der Waals surface area contributed by atoms with E-state index in [2.05, 4.69) is 22.2 Å². The first kappa shape index (κ1) is 15.4. The molecule has 5 heteroatoms. The Bertz CT molecular complexity index is 743. The quantitative estimate of drug-likeness (QED) is 0.918. The number of rotatable bonds is 5. The first-order valence-electron chi connectivity index (χ1n) is 8.82. The molecule has 126 valence electrons. The fourth-order valence-corrected chi connectivity index (χ4v) is 4.54. The summed E-state index contributed by atoms with van der Waals surface area (Å²) in [5.74, 6) is 2.71. The van der Waals surface area contributed by atoms with Crippen molar-refractivity contribution in [2.45, 2.75) is 38.6 Å². The highest BCUT2D eigenvalue weighted by molar-refractivity contribution is 5.84. The Morgan fingerprint density at radius 2 is 2.17 bits per heavy atom. The van der Waals surface area contributed by atoms with Crippen LogP contribution in [0.4, 0.5) is 0 Å². The number of ether oxygens (including phenoxy) is 1. The molecule has 24 heavy (non-hydrogen) atoms. The molecule has 2 aromatic rings. The van der Waals surface area contributed by atoms with Crippen LogP contribution in [0.25, 0.3) is 10.9 Å². The smallest absolute Gasteiger partial charge is 0.258 e. The standard InChI is InChI=1S/C19H23N3O2/c1-12(16-9-13-6-7-14(16)8-13)22-18(23)10-24-19-15-4-2-3-5-17(15)20-11-21-19/h2-5,11-14,16H,6-10H2,1H3,(H,22,23)/t12-,13+,14+,16+/m1/s1. The van der Waals surface area contributed by atoms with Crippen molar-refractivity contribution < 1.29 is 9.53 Å². The van der Waals surface area contributed by atoms with E-state index in [1.54, 1.807) is 0 Å². The van der Waals surface area contributed by atoms with E-state index in [1.165, 1.54) is 32.0 Å². The third-order valence-electron chi connectivity index (χ3n) is 5.67. The second kappa shape index (κ2) is 6.38. The summed E-state index contributed by atoms with van der Waals surface area (Å²) in [5.41, 5.74) is 0.818. The summed E-state index contributed by atoms with van der Waals surface area (Å²) >= 11 is 0. The zero-order chi connectivity index (χ0) is 16.5. The summed E-state index contributed by atoms with van der Waals surface area (Å²) in [4.78, 5) is 20.6. The third kappa shape index (κ3) is 2.95. The van der Waals surface area contributed by atoms with E-state index in [1.807, 2.05) is 24.3 Å². The van der Waals surface area contributed by atoms with Crippen LogP contribution in [-0.4, -0.2) is 28.5 Å². The van der Waals surface area contributed by atoms with Gasteiger partial charge in [-0.05, 0) is 56.1 Å². The number of para-hydroxylation sites is 1. The molecule has 0 spiro atoms. The molecule has 0 unspecified atom stereocenters. The summed E-state index contributed by atoms with van der Waals surface area (Å²) in [7, 11) is 0. The molecule has 4 rings (SSSR count). The van der Waals surface area contributed by atoms with E-state index in [-0.39, 0.29) is 18.6 Å². The molecule has 1 N–H and O–H groups in total. The average Bonchev–Trinajstić information content (AvgIpc) is 3.23. The van der Waals surface area contributed by atoms with Crippen molar-refractivity contribution in [3.8, 4) is 5.88 Å². The number of hydrogen-bond acceptors (Lipinski definition) is 4. The number of carbonyl (C=O) groups excluding carboxylic acids is 1. The van der Waals surface area contributed by atoms with Gasteiger partial charge in [-0.25, -0.2) is 9.97 Å². The zero-order valence-electron chi connectivity index (χ0n) is 13.9. The van der Waals surface area contributed by atoms with Gasteiger partial charge in [0.1, 0.15) is 6.33 Å². The van der Waals surface area contributed by atoms with Gasteiger partial charge >= 0.3 is 0 Å². The minimum atomic E-state index is -0.0760. The fraction of sp³-hybridized carbons (Fsp3) is 0.526. The van der Waals surface area contributed by atoms with Gasteiger partial charge in [0.25, 0.3) is 5.91 Å². The zero-order valence-corrected chi connectivity index (χ0v) is 13.9. The molecule has 2 fully saturated rings. The summed E-state index contributed by atoms with van der Waals surface area (Å²) in [6.45, 7) is 2.12. The number of hydrogen-bond donors (Lipinski definition) is 1. The lowest BCUT2D eigenvalue weighted by Gasteiger charge is -2.28. The van der Waals surface area contributed by atoms with Crippen molar-refractivity contribution in [1.29, 1.82) is 0 Å². The maximum Gasteiger partial charge on any atom is 0.258 e. The van der Waals surface area contributed by atoms with E-state index < -0.39 is 0 Å². The summed E-state index contributed by atoms with van der Waals surface area (Å²) in [6, 6.07) is 7.86. The van der Waals surface area contributed by atoms with E-state index >= 15 is 0 Å². The lowest BCUT2D eigenvalue weighted by molar-refractivity contribution is -0.124. The van der Waals surface area contributed by atoms with Gasteiger partial charge in [-0.1, -0.05) is 18.6 Å². The van der Waals surface area contributed by atoms with Gasteiger partial charge in [-0.2, -0.15) is 0 Å². The molecule has 0 aliphatic heterocycles. The first-order valence-corrected chi connectivity index (χ1v) is 8.82. The summed E-state index contributed by atoms with van der Waals surface area (Å²) in [6.07, 6.45) is 6.80. The topological polar surface area (TPSA) is 64.1 Å². The molecule has 5 nitrogen and oxygen atoms in total. The molecule has 1 aromatic carbocycles. The lowest BCUT2D eigenvalue weighted by atomic mass is 9.84. The van der Waals surface area contributed by atoms with Crippen LogP contribution in [0.5, 0.6) is 5.88 Å². The Hall–Kier alpha value is -2.17. The van der Waals surface area contributed by atoms with Crippen LogP contribution in [0.3, 0.4) is 0 Å². The molecule has 2 saturated carbocycles. The molecular weight excluding hydrogens is 302 g/mol. The predicted octanol–water partition coefficient (Wildman–Crippen LogP) is 2.95. The van der Waals surface area contributed by atoms with Gasteiger partial charge in [-0.15, -0.1) is 0 Å². The molecule has 1 heterocycles. The third-order valence-corrected chi connectivity index (χ3v) is 5.67. The minimum absolute atomic E-state index is 0.00777. The molecule has 0 radical (unpaired) electrons. The second-order valence-electron chi connectivity index (χ2n) is 7.18. The van der Waals surface area contributed by atoms with Gasteiger partial charge in [0.2, 0.25) is 5.88 Å². The maximum atomic E-state index is 12.2. The SMILES string of the molecule is C[C@@H](NC(=O)COc1ncnc2ccccc12)[C@@H]1C[C@H]2CC[C@H]1C2. The average molecular weight is 325 g/mol. The van der Waals surface area contributed by atoms with Crippen LogP contribution in [0.15, 0.2) is 30.6 Å². The summed E-state index contributed by atoms with van der Waals surface area (Å²) in [5, 5.41) is 3.95. The molecule has 2 bridgehead atoms. The van der Waals surface area contributed by atoms with Crippen molar-refractivity contribution in [2.24, 2.45) is 17.8 Å². The molecule has 0 saturated heterocycles. The van der Waals surface area contributed by atoms with Crippen molar-refractivity contribution in [1.82, 2.24) is 15.3 Å². The van der Waals surface area contributed by atoms with Gasteiger partial charge in [0.05, 0.1) is 10.9 Å². The van der Waals surface area contributed by atoms with Crippen molar-refractivity contribution in [3.63, 3.8) is 0 Å². The highest BCUT2D eigenvalue weighted by Gasteiger charge is 2.42. The maximum absolute atomic E-state index is 12.2. The Kier molecular flexibility index (Phi) is 4.08. The largest absolute Gasteiger partial charge is 0.467 e. The molecular formula is C19H23N3O2. The Morgan fingerprint density at radius 3 is 2.96 bits per heavy atom. The number of fused-ring (bicyclic) bond motifs is 3. The molecule has 4 atom stereocenters. The van der Waals surface area contributed by atoms with Gasteiger partial charge in [-0.3, -0.25) is 4.79 Å². The highest BCUT2D eigenvalue weighted by atomic mass is 16.5. The number of nitrogens with one attached hydrogen (secondary N) is 1. The number of aromatic nitrogens is 2. The fourth-order valence-electron chi connectivity index (χ4n) is 4.54. The summed E-state index contributed by atoms with van der Waals surface area (Å²) < 4.78 is 5.64. The highest BCUT2D eigenvalue weighted by Crippen LogP contribution is 2.49. The lowest BCUT2D eigenvalue weighted by Crippen LogP contribution is -2.42. The first-order chi connectivity index (χ1) is 11.7. The number of carbonyl (C=O) groups is 1. The molecule has 2 aliphatic carbocycles. The number of nitrogens with zero attached hydrogens (tertiary/aromatic N) is 2. The Balaban J connectivity index is 1.34. The Morgan fingerprint density at radius 1 is 1.29 bits per heavy atom. The van der Waals surface area contributed by atoms with Gasteiger partial charge in [0.15, 0.2) is 6.61 Å². The van der Waals surface area contributed by atoms with Gasteiger partial charge < -0.3 is 10.1 Å². The van der Waals surface area contributed by atoms with Gasteiger partial charge in [0, 0.05) is 6.04 Å². The number of benzene rings is 1. The van der Waals surface area contributed by atoms with Crippen LogP contribution in [0.2, 0.25) is 0 Å². The normalized spacial score (nSPS) is 26.5. The van der Waals surface area contributed by atoms with Crippen LogP contribution >= 0.6 is 0 Å². The molecule has 1 amide bonds. The van der Waals surface area contributed by atoms with Crippen LogP contribution in [-0.2, 0) is 4.79 Å².